The van der Waals surface area contributed by atoms with Crippen molar-refractivity contribution in [1.82, 2.24) is 25.2 Å². The van der Waals surface area contributed by atoms with E-state index >= 15 is 0 Å². The molecule has 1 fully saturated rings. The van der Waals surface area contributed by atoms with Gasteiger partial charge in [-0.2, -0.15) is 10.1 Å². The number of amides is 1. The number of ether oxygens (including phenoxy) is 1. The minimum Gasteiger partial charge on any atom is -0.368 e. The van der Waals surface area contributed by atoms with Crippen LogP contribution in [0, 0.1) is 6.92 Å². The maximum absolute atomic E-state index is 11.8. The van der Waals surface area contributed by atoms with Gasteiger partial charge in [0.15, 0.2) is 5.82 Å². The van der Waals surface area contributed by atoms with Gasteiger partial charge in [-0.25, -0.2) is 0 Å². The molecular formula is C14H19N5O3. The Bertz CT molecular complexity index is 630. The zero-order chi connectivity index (χ0) is 15.4. The summed E-state index contributed by atoms with van der Waals surface area (Å²) < 4.78 is 12.4. The lowest BCUT2D eigenvalue weighted by Gasteiger charge is -2.04. The van der Waals surface area contributed by atoms with Crippen LogP contribution in [0.5, 0.6) is 0 Å². The smallest absolute Gasteiger partial charge is 0.255 e. The first-order chi connectivity index (χ1) is 10.7. The van der Waals surface area contributed by atoms with Gasteiger partial charge in [0.05, 0.1) is 6.54 Å². The van der Waals surface area contributed by atoms with Crippen molar-refractivity contribution in [3.05, 3.63) is 29.7 Å². The Morgan fingerprint density at radius 2 is 2.45 bits per heavy atom. The minimum absolute atomic E-state index is 0.0710. The summed E-state index contributed by atoms with van der Waals surface area (Å²) in [6.07, 6.45) is 3.89. The number of aryl methyl sites for hydroxylation is 2. The van der Waals surface area contributed by atoms with E-state index in [0.29, 0.717) is 24.7 Å². The molecule has 3 heterocycles. The number of nitrogens with one attached hydrogen (secondary N) is 1. The lowest BCUT2D eigenvalue weighted by Crippen LogP contribution is -2.24. The summed E-state index contributed by atoms with van der Waals surface area (Å²) in [6.45, 7) is 3.49. The molecule has 3 rings (SSSR count). The Morgan fingerprint density at radius 3 is 3.18 bits per heavy atom. The van der Waals surface area contributed by atoms with Crippen molar-refractivity contribution in [1.29, 1.82) is 0 Å². The van der Waals surface area contributed by atoms with E-state index in [9.17, 15) is 4.79 Å². The van der Waals surface area contributed by atoms with Crippen LogP contribution in [0.25, 0.3) is 0 Å². The molecule has 0 aromatic carbocycles. The van der Waals surface area contributed by atoms with E-state index in [2.05, 4.69) is 20.6 Å². The fourth-order valence-electron chi connectivity index (χ4n) is 2.35. The second-order valence-electron chi connectivity index (χ2n) is 5.27. The van der Waals surface area contributed by atoms with Gasteiger partial charge < -0.3 is 14.6 Å². The third-order valence-corrected chi connectivity index (χ3v) is 3.61. The summed E-state index contributed by atoms with van der Waals surface area (Å²) in [4.78, 5) is 16.1. The number of nitrogens with zero attached hydrogens (tertiary/aromatic N) is 4. The highest BCUT2D eigenvalue weighted by Crippen LogP contribution is 2.26. The van der Waals surface area contributed by atoms with Crippen LogP contribution < -0.4 is 5.32 Å². The number of hydrogen-bond acceptors (Lipinski definition) is 6. The quantitative estimate of drug-likeness (QED) is 0.859. The van der Waals surface area contributed by atoms with E-state index in [1.165, 1.54) is 0 Å². The maximum atomic E-state index is 11.8. The Kier molecular flexibility index (Phi) is 4.47. The van der Waals surface area contributed by atoms with Gasteiger partial charge in [0.1, 0.15) is 6.10 Å². The van der Waals surface area contributed by atoms with Gasteiger partial charge in [0.25, 0.3) is 5.89 Å². The predicted octanol–water partition coefficient (Wildman–Crippen LogP) is 1.13. The standard InChI is InChI=1S/C14H19N5O3/c1-10-4-6-16-19(10)7-5-13(20)15-9-12-17-14(22-18-12)11-3-2-8-21-11/h4,6,11H,2-3,5,7-9H2,1H3,(H,15,20)/t11-/m0/s1. The summed E-state index contributed by atoms with van der Waals surface area (Å²) in [6, 6.07) is 1.91. The molecular weight excluding hydrogens is 286 g/mol. The Hall–Kier alpha value is -2.22. The highest BCUT2D eigenvalue weighted by Gasteiger charge is 2.23. The number of hydrogen-bond donors (Lipinski definition) is 1. The average molecular weight is 305 g/mol. The molecule has 0 saturated carbocycles. The molecule has 0 aliphatic carbocycles. The lowest BCUT2D eigenvalue weighted by molar-refractivity contribution is -0.121. The first-order valence-electron chi connectivity index (χ1n) is 7.41. The van der Waals surface area contributed by atoms with E-state index in [4.69, 9.17) is 9.26 Å². The van der Waals surface area contributed by atoms with Gasteiger partial charge in [-0.3, -0.25) is 9.48 Å². The van der Waals surface area contributed by atoms with Crippen molar-refractivity contribution in [3.63, 3.8) is 0 Å². The van der Waals surface area contributed by atoms with Gasteiger partial charge in [-0.1, -0.05) is 5.16 Å². The van der Waals surface area contributed by atoms with Crippen molar-refractivity contribution in [2.24, 2.45) is 0 Å². The van der Waals surface area contributed by atoms with Gasteiger partial charge in [0, 0.05) is 31.5 Å². The molecule has 1 atom stereocenters. The second kappa shape index (κ2) is 6.69. The first kappa shape index (κ1) is 14.7. The summed E-state index contributed by atoms with van der Waals surface area (Å²) in [5, 5.41) is 10.8. The van der Waals surface area contributed by atoms with Crippen LogP contribution in [0.1, 0.15) is 42.8 Å². The average Bonchev–Trinajstić information content (AvgIpc) is 3.24. The van der Waals surface area contributed by atoms with Crippen molar-refractivity contribution in [2.45, 2.75) is 45.4 Å². The number of rotatable bonds is 6. The summed E-state index contributed by atoms with van der Waals surface area (Å²) in [7, 11) is 0. The summed E-state index contributed by atoms with van der Waals surface area (Å²) >= 11 is 0. The molecule has 118 valence electrons. The Morgan fingerprint density at radius 1 is 1.55 bits per heavy atom. The first-order valence-corrected chi connectivity index (χ1v) is 7.41. The van der Waals surface area contributed by atoms with Gasteiger partial charge >= 0.3 is 0 Å². The third kappa shape index (κ3) is 3.51. The Balaban J connectivity index is 1.44. The number of carbonyl (C=O) groups excluding carboxylic acids is 1. The number of aromatic nitrogens is 4. The molecule has 8 nitrogen and oxygen atoms in total. The molecule has 22 heavy (non-hydrogen) atoms. The predicted molar refractivity (Wildman–Crippen MR) is 75.7 cm³/mol. The maximum Gasteiger partial charge on any atom is 0.255 e. The minimum atomic E-state index is -0.0975. The van der Waals surface area contributed by atoms with Crippen molar-refractivity contribution in [2.75, 3.05) is 6.61 Å². The van der Waals surface area contributed by atoms with E-state index < -0.39 is 0 Å². The van der Waals surface area contributed by atoms with Crippen LogP contribution in [0.4, 0.5) is 0 Å². The Labute approximate surface area is 127 Å². The van der Waals surface area contributed by atoms with Gasteiger partial charge in [-0.05, 0) is 25.8 Å². The summed E-state index contributed by atoms with van der Waals surface area (Å²) in [5.41, 5.74) is 1.03. The molecule has 1 N–H and O–H groups in total. The highest BCUT2D eigenvalue weighted by atomic mass is 16.5. The second-order valence-corrected chi connectivity index (χ2v) is 5.27. The monoisotopic (exact) mass is 305 g/mol. The molecule has 0 radical (unpaired) electrons. The number of carbonyl (C=O) groups is 1. The topological polar surface area (TPSA) is 95.1 Å². The molecule has 0 unspecified atom stereocenters. The van der Waals surface area contributed by atoms with Crippen LogP contribution in [-0.2, 0) is 22.6 Å². The van der Waals surface area contributed by atoms with E-state index in [1.54, 1.807) is 10.9 Å². The van der Waals surface area contributed by atoms with Crippen molar-refractivity contribution < 1.29 is 14.1 Å². The van der Waals surface area contributed by atoms with Crippen molar-refractivity contribution in [3.8, 4) is 0 Å². The van der Waals surface area contributed by atoms with Crippen LogP contribution >= 0.6 is 0 Å². The van der Waals surface area contributed by atoms with E-state index in [1.807, 2.05) is 13.0 Å². The molecule has 1 aliphatic rings. The van der Waals surface area contributed by atoms with Crippen LogP contribution in [0.3, 0.4) is 0 Å². The van der Waals surface area contributed by atoms with Gasteiger partial charge in [-0.15, -0.1) is 0 Å². The molecule has 1 aliphatic heterocycles. The highest BCUT2D eigenvalue weighted by molar-refractivity contribution is 5.75. The zero-order valence-electron chi connectivity index (χ0n) is 12.5. The molecule has 0 spiro atoms. The molecule has 1 saturated heterocycles. The van der Waals surface area contributed by atoms with Gasteiger partial charge in [0.2, 0.25) is 5.91 Å². The van der Waals surface area contributed by atoms with Crippen LogP contribution in [0.15, 0.2) is 16.8 Å². The van der Waals surface area contributed by atoms with E-state index in [0.717, 1.165) is 25.1 Å². The molecule has 1 amide bonds. The summed E-state index contributed by atoms with van der Waals surface area (Å²) in [5.74, 6) is 0.890. The molecule has 0 bridgehead atoms. The fourth-order valence-corrected chi connectivity index (χ4v) is 2.35. The van der Waals surface area contributed by atoms with Crippen LogP contribution in [0.2, 0.25) is 0 Å². The normalized spacial score (nSPS) is 17.8. The zero-order valence-corrected chi connectivity index (χ0v) is 12.5. The SMILES string of the molecule is Cc1ccnn1CCC(=O)NCc1noc([C@@H]2CCCO2)n1. The largest absolute Gasteiger partial charge is 0.368 e. The van der Waals surface area contributed by atoms with E-state index in [-0.39, 0.29) is 18.6 Å². The molecule has 8 heteroatoms. The van der Waals surface area contributed by atoms with Crippen LogP contribution in [-0.4, -0.2) is 32.4 Å². The lowest BCUT2D eigenvalue weighted by atomic mass is 10.2. The molecule has 2 aromatic heterocycles. The fraction of sp³-hybridized carbons (Fsp3) is 0.571. The van der Waals surface area contributed by atoms with Crippen molar-refractivity contribution >= 4 is 5.91 Å². The molecule has 2 aromatic rings. The third-order valence-electron chi connectivity index (χ3n) is 3.61.